The molecule has 0 atom stereocenters. The molecule has 0 fully saturated rings. The summed E-state index contributed by atoms with van der Waals surface area (Å²) in [5.74, 6) is -0.595. The summed E-state index contributed by atoms with van der Waals surface area (Å²) in [7, 11) is -3.83. The molecule has 32 heavy (non-hydrogen) atoms. The predicted molar refractivity (Wildman–Crippen MR) is 123 cm³/mol. The monoisotopic (exact) mass is 485 g/mol. The third kappa shape index (κ3) is 4.36. The summed E-state index contributed by atoms with van der Waals surface area (Å²) in [4.78, 5) is 12.8. The number of nitriles is 1. The van der Waals surface area contributed by atoms with Gasteiger partial charge in [0.2, 0.25) is 10.0 Å². The van der Waals surface area contributed by atoms with E-state index in [0.29, 0.717) is 18.7 Å². The van der Waals surface area contributed by atoms with Gasteiger partial charge in [-0.1, -0.05) is 47.5 Å². The van der Waals surface area contributed by atoms with E-state index in [-0.39, 0.29) is 32.6 Å². The molecule has 0 bridgehead atoms. The van der Waals surface area contributed by atoms with Crippen LogP contribution in [-0.4, -0.2) is 25.2 Å². The lowest BCUT2D eigenvalue weighted by molar-refractivity contribution is 0.102. The number of nitrogens with zero attached hydrogens (tertiary/aromatic N) is 2. The molecule has 0 saturated heterocycles. The molecule has 4 rings (SSSR count). The van der Waals surface area contributed by atoms with Crippen LogP contribution in [0.15, 0.2) is 65.6 Å². The molecule has 1 amide bonds. The van der Waals surface area contributed by atoms with E-state index in [2.05, 4.69) is 5.32 Å². The molecule has 3 aromatic rings. The molecule has 1 aliphatic rings. The fourth-order valence-corrected chi connectivity index (χ4v) is 5.36. The van der Waals surface area contributed by atoms with E-state index in [1.165, 1.54) is 34.6 Å². The molecule has 0 unspecified atom stereocenters. The first-order valence-electron chi connectivity index (χ1n) is 9.67. The summed E-state index contributed by atoms with van der Waals surface area (Å²) in [5.41, 5.74) is 2.66. The van der Waals surface area contributed by atoms with Gasteiger partial charge in [-0.05, 0) is 53.9 Å². The number of hydrogen-bond acceptors (Lipinski definition) is 4. The molecule has 0 radical (unpaired) electrons. The zero-order valence-corrected chi connectivity index (χ0v) is 19.0. The van der Waals surface area contributed by atoms with E-state index in [4.69, 9.17) is 28.5 Å². The average molecular weight is 486 g/mol. The number of carbonyl (C=O) groups is 1. The van der Waals surface area contributed by atoms with Crippen LogP contribution in [0.5, 0.6) is 0 Å². The summed E-state index contributed by atoms with van der Waals surface area (Å²) < 4.78 is 27.9. The molecule has 0 aliphatic carbocycles. The molecule has 1 aliphatic heterocycles. The van der Waals surface area contributed by atoms with E-state index in [0.717, 1.165) is 11.1 Å². The van der Waals surface area contributed by atoms with E-state index >= 15 is 0 Å². The van der Waals surface area contributed by atoms with Gasteiger partial charge in [0.25, 0.3) is 5.91 Å². The third-order valence-electron chi connectivity index (χ3n) is 5.26. The van der Waals surface area contributed by atoms with Crippen molar-refractivity contribution in [2.45, 2.75) is 17.9 Å². The Morgan fingerprint density at radius 1 is 1.00 bits per heavy atom. The largest absolute Gasteiger partial charge is 0.322 e. The minimum Gasteiger partial charge on any atom is -0.322 e. The quantitative estimate of drug-likeness (QED) is 0.570. The molecule has 9 heteroatoms. The van der Waals surface area contributed by atoms with Crippen molar-refractivity contribution in [1.29, 1.82) is 5.26 Å². The van der Waals surface area contributed by atoms with Crippen molar-refractivity contribution < 1.29 is 13.2 Å². The topological polar surface area (TPSA) is 90.3 Å². The fourth-order valence-electron chi connectivity index (χ4n) is 3.55. The molecule has 0 aromatic heterocycles. The van der Waals surface area contributed by atoms with Gasteiger partial charge in [-0.2, -0.15) is 9.57 Å². The molecule has 1 heterocycles. The van der Waals surface area contributed by atoms with Crippen LogP contribution in [0.25, 0.3) is 0 Å². The Morgan fingerprint density at radius 2 is 1.72 bits per heavy atom. The maximum atomic E-state index is 13.3. The van der Waals surface area contributed by atoms with Crippen LogP contribution in [0.3, 0.4) is 0 Å². The zero-order valence-electron chi connectivity index (χ0n) is 16.7. The summed E-state index contributed by atoms with van der Waals surface area (Å²) >= 11 is 12.1. The Kier molecular flexibility index (Phi) is 6.22. The lowest BCUT2D eigenvalue weighted by Crippen LogP contribution is -2.36. The first kappa shape index (κ1) is 22.3. The highest BCUT2D eigenvalue weighted by Gasteiger charge is 2.29. The fraction of sp³-hybridized carbons (Fsp3) is 0.130. The molecule has 0 spiro atoms. The molecule has 6 nitrogen and oxygen atoms in total. The van der Waals surface area contributed by atoms with Gasteiger partial charge in [0.15, 0.2) is 0 Å². The van der Waals surface area contributed by atoms with Crippen LogP contribution in [0.1, 0.15) is 27.0 Å². The highest BCUT2D eigenvalue weighted by Crippen LogP contribution is 2.28. The van der Waals surface area contributed by atoms with Crippen molar-refractivity contribution in [1.82, 2.24) is 4.31 Å². The Morgan fingerprint density at radius 3 is 2.47 bits per heavy atom. The van der Waals surface area contributed by atoms with Gasteiger partial charge in [0, 0.05) is 18.8 Å². The molecular formula is C23H17Cl2N3O3S. The van der Waals surface area contributed by atoms with Gasteiger partial charge in [0.05, 0.1) is 26.1 Å². The van der Waals surface area contributed by atoms with Crippen molar-refractivity contribution in [3.05, 3.63) is 93.0 Å². The van der Waals surface area contributed by atoms with Crippen LogP contribution >= 0.6 is 23.2 Å². The number of benzene rings is 3. The Labute approximate surface area is 196 Å². The molecule has 1 N–H and O–H groups in total. The first-order valence-corrected chi connectivity index (χ1v) is 11.9. The lowest BCUT2D eigenvalue weighted by atomic mass is 10.0. The number of carbonyl (C=O) groups excluding carboxylic acids is 1. The number of halogens is 2. The van der Waals surface area contributed by atoms with E-state index in [1.807, 2.05) is 30.3 Å². The van der Waals surface area contributed by atoms with Gasteiger partial charge in [-0.15, -0.1) is 0 Å². The van der Waals surface area contributed by atoms with Crippen LogP contribution in [0, 0.1) is 11.3 Å². The van der Waals surface area contributed by atoms with Gasteiger partial charge in [-0.3, -0.25) is 4.79 Å². The van der Waals surface area contributed by atoms with Crippen molar-refractivity contribution in [2.75, 3.05) is 11.9 Å². The van der Waals surface area contributed by atoms with Gasteiger partial charge in [0.1, 0.15) is 6.07 Å². The number of sulfonamides is 1. The maximum Gasteiger partial charge on any atom is 0.257 e. The molecule has 3 aromatic carbocycles. The SMILES string of the molecule is N#Cc1cc(NC(=O)c2cc(S(=O)(=O)N3CCc4ccccc4C3)ccc2Cl)ccc1Cl. The lowest BCUT2D eigenvalue weighted by Gasteiger charge is -2.28. The third-order valence-corrected chi connectivity index (χ3v) is 7.76. The smallest absolute Gasteiger partial charge is 0.257 e. The number of nitrogens with one attached hydrogen (secondary N) is 1. The summed E-state index contributed by atoms with van der Waals surface area (Å²) in [5, 5.41) is 12.1. The predicted octanol–water partition coefficient (Wildman–Crippen LogP) is 4.86. The van der Waals surface area contributed by atoms with Crippen LogP contribution in [-0.2, 0) is 23.0 Å². The highest BCUT2D eigenvalue weighted by atomic mass is 35.5. The second-order valence-electron chi connectivity index (χ2n) is 7.26. The minimum absolute atomic E-state index is 0.0126. The Bertz CT molecular complexity index is 1370. The van der Waals surface area contributed by atoms with Crippen molar-refractivity contribution in [3.63, 3.8) is 0 Å². The highest BCUT2D eigenvalue weighted by molar-refractivity contribution is 7.89. The van der Waals surface area contributed by atoms with Crippen molar-refractivity contribution in [2.24, 2.45) is 0 Å². The second kappa shape index (κ2) is 8.93. The van der Waals surface area contributed by atoms with Crippen molar-refractivity contribution in [3.8, 4) is 6.07 Å². The van der Waals surface area contributed by atoms with Crippen molar-refractivity contribution >= 4 is 44.8 Å². The molecule has 0 saturated carbocycles. The van der Waals surface area contributed by atoms with E-state index < -0.39 is 15.9 Å². The molecule has 162 valence electrons. The zero-order chi connectivity index (χ0) is 22.9. The number of hydrogen-bond donors (Lipinski definition) is 1. The normalized spacial score (nSPS) is 13.8. The van der Waals surface area contributed by atoms with Crippen LogP contribution in [0.2, 0.25) is 10.0 Å². The minimum atomic E-state index is -3.83. The van der Waals surface area contributed by atoms with Gasteiger partial charge < -0.3 is 5.32 Å². The van der Waals surface area contributed by atoms with Gasteiger partial charge in [-0.25, -0.2) is 8.42 Å². The second-order valence-corrected chi connectivity index (χ2v) is 10.0. The maximum absolute atomic E-state index is 13.3. The summed E-state index contributed by atoms with van der Waals surface area (Å²) in [6.07, 6.45) is 0.619. The van der Waals surface area contributed by atoms with Crippen LogP contribution in [0.4, 0.5) is 5.69 Å². The Balaban J connectivity index is 1.61. The van der Waals surface area contributed by atoms with Crippen LogP contribution < -0.4 is 5.32 Å². The molecular weight excluding hydrogens is 469 g/mol. The van der Waals surface area contributed by atoms with E-state index in [9.17, 15) is 13.2 Å². The first-order chi connectivity index (χ1) is 15.3. The summed E-state index contributed by atoms with van der Waals surface area (Å²) in [6.45, 7) is 0.621. The number of rotatable bonds is 4. The van der Waals surface area contributed by atoms with Gasteiger partial charge >= 0.3 is 0 Å². The van der Waals surface area contributed by atoms with E-state index in [1.54, 1.807) is 6.07 Å². The number of fused-ring (bicyclic) bond motifs is 1. The summed E-state index contributed by atoms with van der Waals surface area (Å²) in [6, 6.07) is 18.2. The Hall–Kier alpha value is -2.89. The number of amides is 1. The number of anilines is 1. The standard InChI is InChI=1S/C23H17Cl2N3O3S/c24-21-7-5-18(11-17(21)13-26)27-23(29)20-12-19(6-8-22(20)25)32(30,31)28-10-9-15-3-1-2-4-16(15)14-28/h1-8,11-12H,9-10,14H2,(H,27,29). The average Bonchev–Trinajstić information content (AvgIpc) is 2.80.